The highest BCUT2D eigenvalue weighted by molar-refractivity contribution is 7.92. The fourth-order valence-electron chi connectivity index (χ4n) is 4.68. The standard InChI is InChI=1S/C23H18Cl2FNO2S/c24-16-5-8-18(9-6-16)30(28,29)27-14-23(26)12-11-15-3-1-2-4-19(15)22(23)20-13-17(25)7-10-21(20)27/h1-10,13,22H,11-12,14H2. The topological polar surface area (TPSA) is 37.4 Å². The first-order valence-corrected chi connectivity index (χ1v) is 11.8. The minimum absolute atomic E-state index is 0.0751. The predicted molar refractivity (Wildman–Crippen MR) is 118 cm³/mol. The Morgan fingerprint density at radius 2 is 1.63 bits per heavy atom. The first-order chi connectivity index (χ1) is 14.3. The summed E-state index contributed by atoms with van der Waals surface area (Å²) in [6.07, 6.45) is 0.807. The van der Waals surface area contributed by atoms with Gasteiger partial charge in [-0.25, -0.2) is 12.8 Å². The molecule has 1 aliphatic heterocycles. The van der Waals surface area contributed by atoms with Gasteiger partial charge in [-0.15, -0.1) is 0 Å². The van der Waals surface area contributed by atoms with Gasteiger partial charge in [0.2, 0.25) is 0 Å². The van der Waals surface area contributed by atoms with Crippen LogP contribution in [0.2, 0.25) is 10.0 Å². The minimum atomic E-state index is -3.98. The summed E-state index contributed by atoms with van der Waals surface area (Å²) in [6, 6.07) is 18.7. The van der Waals surface area contributed by atoms with Gasteiger partial charge < -0.3 is 0 Å². The second-order valence-corrected chi connectivity index (χ2v) is 10.6. The smallest absolute Gasteiger partial charge is 0.263 e. The Hall–Kier alpha value is -2.08. The van der Waals surface area contributed by atoms with Crippen molar-refractivity contribution in [1.29, 1.82) is 0 Å². The molecule has 0 bridgehead atoms. The number of anilines is 1. The SMILES string of the molecule is O=S(=O)(c1ccc(Cl)cc1)N1CC2(F)CCc3ccccc3C2c2cc(Cl)ccc21. The van der Waals surface area contributed by atoms with Gasteiger partial charge in [-0.05, 0) is 72.0 Å². The van der Waals surface area contributed by atoms with E-state index < -0.39 is 21.6 Å². The maximum Gasteiger partial charge on any atom is 0.264 e. The van der Waals surface area contributed by atoms with Gasteiger partial charge in [0.25, 0.3) is 10.0 Å². The van der Waals surface area contributed by atoms with Crippen LogP contribution in [0.25, 0.3) is 0 Å². The molecule has 2 aliphatic rings. The van der Waals surface area contributed by atoms with Crippen molar-refractivity contribution < 1.29 is 12.8 Å². The number of halogens is 3. The van der Waals surface area contributed by atoms with E-state index in [-0.39, 0.29) is 17.9 Å². The van der Waals surface area contributed by atoms with E-state index in [1.54, 1.807) is 18.2 Å². The van der Waals surface area contributed by atoms with Crippen LogP contribution in [-0.4, -0.2) is 20.6 Å². The summed E-state index contributed by atoms with van der Waals surface area (Å²) >= 11 is 12.2. The van der Waals surface area contributed by atoms with Crippen LogP contribution in [0.1, 0.15) is 29.0 Å². The maximum atomic E-state index is 16.5. The Kier molecular flexibility index (Phi) is 4.62. The highest BCUT2D eigenvalue weighted by Gasteiger charge is 2.52. The van der Waals surface area contributed by atoms with E-state index in [1.807, 2.05) is 24.3 Å². The van der Waals surface area contributed by atoms with E-state index in [9.17, 15) is 8.42 Å². The number of fused-ring (bicyclic) bond motifs is 5. The molecule has 7 heteroatoms. The molecular formula is C23H18Cl2FNO2S. The van der Waals surface area contributed by atoms with Crippen LogP contribution in [0, 0.1) is 0 Å². The van der Waals surface area contributed by atoms with Crippen LogP contribution in [0.4, 0.5) is 10.1 Å². The molecule has 0 spiro atoms. The van der Waals surface area contributed by atoms with E-state index in [0.717, 1.165) is 11.1 Å². The summed E-state index contributed by atoms with van der Waals surface area (Å²) in [6.45, 7) is -0.244. The Balaban J connectivity index is 1.72. The molecule has 1 heterocycles. The van der Waals surface area contributed by atoms with Crippen molar-refractivity contribution in [3.05, 3.63) is 93.5 Å². The van der Waals surface area contributed by atoms with E-state index in [0.29, 0.717) is 27.7 Å². The van der Waals surface area contributed by atoms with Crippen LogP contribution in [0.3, 0.4) is 0 Å². The second-order valence-electron chi connectivity index (χ2n) is 7.84. The molecule has 0 fully saturated rings. The summed E-state index contributed by atoms with van der Waals surface area (Å²) in [7, 11) is -3.98. The van der Waals surface area contributed by atoms with Crippen molar-refractivity contribution in [3.63, 3.8) is 0 Å². The van der Waals surface area contributed by atoms with Gasteiger partial charge in [-0.1, -0.05) is 47.5 Å². The summed E-state index contributed by atoms with van der Waals surface area (Å²) in [5.41, 5.74) is 1.32. The van der Waals surface area contributed by atoms with Crippen molar-refractivity contribution in [2.75, 3.05) is 10.8 Å². The molecule has 30 heavy (non-hydrogen) atoms. The molecular weight excluding hydrogens is 444 g/mol. The number of nitrogens with zero attached hydrogens (tertiary/aromatic N) is 1. The fourth-order valence-corrected chi connectivity index (χ4v) is 6.53. The molecule has 3 aromatic rings. The molecule has 0 N–H and O–H groups in total. The number of sulfonamides is 1. The highest BCUT2D eigenvalue weighted by Crippen LogP contribution is 2.53. The lowest BCUT2D eigenvalue weighted by Gasteiger charge is -2.47. The molecule has 3 nitrogen and oxygen atoms in total. The Bertz CT molecular complexity index is 1250. The Morgan fingerprint density at radius 3 is 2.40 bits per heavy atom. The van der Waals surface area contributed by atoms with E-state index in [4.69, 9.17) is 23.2 Å². The first kappa shape index (κ1) is 19.9. The number of alkyl halides is 1. The van der Waals surface area contributed by atoms with Crippen molar-refractivity contribution in [2.24, 2.45) is 0 Å². The molecule has 0 saturated heterocycles. The second kappa shape index (κ2) is 6.98. The third-order valence-electron chi connectivity index (χ3n) is 6.07. The first-order valence-electron chi connectivity index (χ1n) is 9.64. The largest absolute Gasteiger partial charge is 0.264 e. The third kappa shape index (κ3) is 3.03. The van der Waals surface area contributed by atoms with Crippen molar-refractivity contribution in [3.8, 4) is 0 Å². The monoisotopic (exact) mass is 461 g/mol. The van der Waals surface area contributed by atoms with Crippen LogP contribution in [0.5, 0.6) is 0 Å². The zero-order chi connectivity index (χ0) is 21.1. The van der Waals surface area contributed by atoms with Crippen LogP contribution in [-0.2, 0) is 16.4 Å². The lowest BCUT2D eigenvalue weighted by atomic mass is 9.68. The van der Waals surface area contributed by atoms with Crippen LogP contribution < -0.4 is 4.31 Å². The summed E-state index contributed by atoms with van der Waals surface area (Å²) in [5, 5.41) is 0.885. The average molecular weight is 462 g/mol. The van der Waals surface area contributed by atoms with Crippen LogP contribution in [0.15, 0.2) is 71.6 Å². The molecule has 2 atom stereocenters. The summed E-state index contributed by atoms with van der Waals surface area (Å²) in [5.74, 6) is -0.562. The highest BCUT2D eigenvalue weighted by atomic mass is 35.5. The van der Waals surface area contributed by atoms with Gasteiger partial charge >= 0.3 is 0 Å². The van der Waals surface area contributed by atoms with Gasteiger partial charge in [0.05, 0.1) is 17.1 Å². The number of aryl methyl sites for hydroxylation is 1. The minimum Gasteiger partial charge on any atom is -0.263 e. The van der Waals surface area contributed by atoms with E-state index >= 15 is 4.39 Å². The molecule has 0 radical (unpaired) electrons. The average Bonchev–Trinajstić information content (AvgIpc) is 2.72. The Labute approximate surface area is 185 Å². The zero-order valence-corrected chi connectivity index (χ0v) is 18.2. The zero-order valence-electron chi connectivity index (χ0n) is 15.9. The third-order valence-corrected chi connectivity index (χ3v) is 8.33. The van der Waals surface area contributed by atoms with Gasteiger partial charge in [0.1, 0.15) is 5.67 Å². The van der Waals surface area contributed by atoms with Crippen molar-refractivity contribution >= 4 is 38.9 Å². The molecule has 0 saturated carbocycles. The normalized spacial score (nSPS) is 22.8. The lowest BCUT2D eigenvalue weighted by Crippen LogP contribution is -2.52. The maximum absolute atomic E-state index is 16.5. The molecule has 0 amide bonds. The number of hydrogen-bond donors (Lipinski definition) is 0. The molecule has 0 aromatic heterocycles. The molecule has 3 aromatic carbocycles. The quantitative estimate of drug-likeness (QED) is 0.469. The van der Waals surface area contributed by atoms with Gasteiger partial charge in [0, 0.05) is 16.0 Å². The molecule has 5 rings (SSSR count). The molecule has 1 aliphatic carbocycles. The van der Waals surface area contributed by atoms with Gasteiger partial charge in [0.15, 0.2) is 0 Å². The number of rotatable bonds is 2. The Morgan fingerprint density at radius 1 is 0.933 bits per heavy atom. The van der Waals surface area contributed by atoms with Gasteiger partial charge in [-0.2, -0.15) is 0 Å². The van der Waals surface area contributed by atoms with E-state index in [2.05, 4.69) is 0 Å². The van der Waals surface area contributed by atoms with Gasteiger partial charge in [-0.3, -0.25) is 4.31 Å². The summed E-state index contributed by atoms with van der Waals surface area (Å²) in [4.78, 5) is 0.0751. The predicted octanol–water partition coefficient (Wildman–Crippen LogP) is 5.99. The van der Waals surface area contributed by atoms with Crippen LogP contribution >= 0.6 is 23.2 Å². The fraction of sp³-hybridized carbons (Fsp3) is 0.217. The number of hydrogen-bond acceptors (Lipinski definition) is 2. The molecule has 154 valence electrons. The van der Waals surface area contributed by atoms with Crippen molar-refractivity contribution in [1.82, 2.24) is 0 Å². The summed E-state index contributed by atoms with van der Waals surface area (Å²) < 4.78 is 44.7. The van der Waals surface area contributed by atoms with Crippen molar-refractivity contribution in [2.45, 2.75) is 29.3 Å². The molecule has 2 unspecified atom stereocenters. The van der Waals surface area contributed by atoms with E-state index in [1.165, 1.54) is 28.6 Å². The lowest BCUT2D eigenvalue weighted by molar-refractivity contribution is 0.123. The number of benzene rings is 3.